The van der Waals surface area contributed by atoms with Crippen molar-refractivity contribution < 1.29 is 13.2 Å². The maximum atomic E-state index is 13.1. The van der Waals surface area contributed by atoms with Crippen LogP contribution in [0.1, 0.15) is 48.5 Å². The predicted molar refractivity (Wildman–Crippen MR) is 117 cm³/mol. The van der Waals surface area contributed by atoms with Gasteiger partial charge in [0.2, 0.25) is 0 Å². The lowest BCUT2D eigenvalue weighted by Gasteiger charge is -2.33. The van der Waals surface area contributed by atoms with E-state index in [1.807, 2.05) is 26.1 Å². The summed E-state index contributed by atoms with van der Waals surface area (Å²) in [5.74, 6) is 0.583. The van der Waals surface area contributed by atoms with E-state index in [1.165, 1.54) is 17.4 Å². The maximum Gasteiger partial charge on any atom is 0.264 e. The second-order valence-corrected chi connectivity index (χ2v) is 10.1. The van der Waals surface area contributed by atoms with E-state index in [-0.39, 0.29) is 16.8 Å². The van der Waals surface area contributed by atoms with Gasteiger partial charge in [-0.3, -0.25) is 9.10 Å². The Bertz CT molecular complexity index is 962. The van der Waals surface area contributed by atoms with Gasteiger partial charge < -0.3 is 4.90 Å². The molecule has 1 saturated carbocycles. The zero-order valence-corrected chi connectivity index (χ0v) is 18.4. The van der Waals surface area contributed by atoms with Crippen molar-refractivity contribution in [2.75, 3.05) is 18.4 Å². The Morgan fingerprint density at radius 3 is 2.21 bits per heavy atom. The molecule has 0 atom stereocenters. The molecule has 6 heteroatoms. The summed E-state index contributed by atoms with van der Waals surface area (Å²) in [4.78, 5) is 14.9. The van der Waals surface area contributed by atoms with Crippen LogP contribution < -0.4 is 4.31 Å². The Hall–Kier alpha value is -2.34. The molecule has 2 aromatic carbocycles. The molecule has 1 aliphatic rings. The molecule has 0 radical (unpaired) electrons. The zero-order valence-electron chi connectivity index (χ0n) is 17.6. The fraction of sp³-hybridized carbons (Fsp3) is 0.435. The fourth-order valence-corrected chi connectivity index (χ4v) is 5.08. The van der Waals surface area contributed by atoms with Crippen LogP contribution in [0.15, 0.2) is 53.4 Å². The summed E-state index contributed by atoms with van der Waals surface area (Å²) in [5.41, 5.74) is 2.05. The molecule has 29 heavy (non-hydrogen) atoms. The molecular formula is C23H30N2O3S. The molecule has 0 bridgehead atoms. The number of sulfonamides is 1. The number of aryl methyl sites for hydroxylation is 1. The Morgan fingerprint density at radius 1 is 0.966 bits per heavy atom. The first-order chi connectivity index (χ1) is 13.7. The highest BCUT2D eigenvalue weighted by molar-refractivity contribution is 7.92. The van der Waals surface area contributed by atoms with Crippen molar-refractivity contribution in [3.05, 3.63) is 59.7 Å². The molecule has 0 N–H and O–H groups in total. The summed E-state index contributed by atoms with van der Waals surface area (Å²) in [6, 6.07) is 13.9. The average Bonchev–Trinajstić information content (AvgIpc) is 2.73. The van der Waals surface area contributed by atoms with E-state index < -0.39 is 10.0 Å². The van der Waals surface area contributed by atoms with E-state index in [2.05, 4.69) is 6.92 Å². The van der Waals surface area contributed by atoms with Gasteiger partial charge in [-0.25, -0.2) is 8.42 Å². The summed E-state index contributed by atoms with van der Waals surface area (Å²) in [6.07, 6.45) is 4.24. The molecule has 156 valence electrons. The standard InChI is InChI=1S/C23H30N2O3S/c1-17-8-12-20(13-9-17)24(3)23(26)19-6-5-7-22(16-19)29(27,28)25(4)21-14-10-18(2)11-15-21/h5-7,10-11,14-17,20H,8-9,12-13H2,1-4H3. The highest BCUT2D eigenvalue weighted by Gasteiger charge is 2.27. The molecule has 5 nitrogen and oxygen atoms in total. The molecule has 0 saturated heterocycles. The van der Waals surface area contributed by atoms with Gasteiger partial charge in [0.05, 0.1) is 10.6 Å². The van der Waals surface area contributed by atoms with Crippen LogP contribution in [0.4, 0.5) is 5.69 Å². The third-order valence-corrected chi connectivity index (χ3v) is 7.77. The number of hydrogen-bond donors (Lipinski definition) is 0. The van der Waals surface area contributed by atoms with Crippen molar-refractivity contribution in [2.45, 2.75) is 50.5 Å². The highest BCUT2D eigenvalue weighted by Crippen LogP contribution is 2.28. The molecule has 3 rings (SSSR count). The second-order valence-electron chi connectivity index (χ2n) is 8.17. The minimum Gasteiger partial charge on any atom is -0.339 e. The first-order valence-electron chi connectivity index (χ1n) is 10.1. The Kier molecular flexibility index (Phi) is 6.32. The number of hydrogen-bond acceptors (Lipinski definition) is 3. The molecule has 0 aliphatic heterocycles. The SMILES string of the molecule is Cc1ccc(N(C)S(=O)(=O)c2cccc(C(=O)N(C)C3CCC(C)CC3)c2)cc1. The molecule has 0 spiro atoms. The number of anilines is 1. The second kappa shape index (κ2) is 8.57. The molecule has 2 aromatic rings. The molecule has 1 aliphatic carbocycles. The van der Waals surface area contributed by atoms with Crippen LogP contribution in [-0.4, -0.2) is 39.4 Å². The van der Waals surface area contributed by atoms with Crippen LogP contribution >= 0.6 is 0 Å². The number of amides is 1. The normalized spacial score (nSPS) is 19.6. The van der Waals surface area contributed by atoms with E-state index in [9.17, 15) is 13.2 Å². The van der Waals surface area contributed by atoms with E-state index in [1.54, 1.807) is 35.2 Å². The smallest absolute Gasteiger partial charge is 0.264 e. The number of nitrogens with zero attached hydrogens (tertiary/aromatic N) is 2. The molecule has 1 amide bonds. The predicted octanol–water partition coefficient (Wildman–Crippen LogP) is 4.47. The van der Waals surface area contributed by atoms with Gasteiger partial charge in [0.15, 0.2) is 0 Å². The van der Waals surface area contributed by atoms with Crippen LogP contribution in [0.3, 0.4) is 0 Å². The summed E-state index contributed by atoms with van der Waals surface area (Å²) < 4.78 is 27.5. The summed E-state index contributed by atoms with van der Waals surface area (Å²) in [7, 11) is -0.403. The topological polar surface area (TPSA) is 57.7 Å². The van der Waals surface area contributed by atoms with E-state index in [0.29, 0.717) is 17.2 Å². The van der Waals surface area contributed by atoms with Gasteiger partial charge in [-0.2, -0.15) is 0 Å². The van der Waals surface area contributed by atoms with Crippen molar-refractivity contribution in [3.63, 3.8) is 0 Å². The van der Waals surface area contributed by atoms with E-state index in [0.717, 1.165) is 31.2 Å². The number of rotatable bonds is 5. The first-order valence-corrected chi connectivity index (χ1v) is 11.6. The van der Waals surface area contributed by atoms with E-state index >= 15 is 0 Å². The van der Waals surface area contributed by atoms with Gasteiger partial charge >= 0.3 is 0 Å². The van der Waals surface area contributed by atoms with Gasteiger partial charge in [-0.05, 0) is 68.9 Å². The number of carbonyl (C=O) groups excluding carboxylic acids is 1. The maximum absolute atomic E-state index is 13.1. The largest absolute Gasteiger partial charge is 0.339 e. The minimum atomic E-state index is -3.76. The van der Waals surface area contributed by atoms with Gasteiger partial charge in [-0.15, -0.1) is 0 Å². The molecule has 1 fully saturated rings. The zero-order chi connectivity index (χ0) is 21.2. The Morgan fingerprint density at radius 2 is 1.59 bits per heavy atom. The molecule has 0 aromatic heterocycles. The van der Waals surface area contributed by atoms with Crippen molar-refractivity contribution in [3.8, 4) is 0 Å². The van der Waals surface area contributed by atoms with Gasteiger partial charge in [-0.1, -0.05) is 30.7 Å². The first kappa shape index (κ1) is 21.4. The lowest BCUT2D eigenvalue weighted by atomic mass is 9.86. The minimum absolute atomic E-state index is 0.122. The lowest BCUT2D eigenvalue weighted by Crippen LogP contribution is -2.39. The summed E-state index contributed by atoms with van der Waals surface area (Å²) in [5, 5.41) is 0. The van der Waals surface area contributed by atoms with Crippen LogP contribution in [-0.2, 0) is 10.0 Å². The van der Waals surface area contributed by atoms with Crippen LogP contribution in [0, 0.1) is 12.8 Å². The summed E-state index contributed by atoms with van der Waals surface area (Å²) >= 11 is 0. The molecule has 0 unspecified atom stereocenters. The van der Waals surface area contributed by atoms with Crippen LogP contribution in [0.5, 0.6) is 0 Å². The number of benzene rings is 2. The van der Waals surface area contributed by atoms with Crippen molar-refractivity contribution in [2.24, 2.45) is 5.92 Å². The van der Waals surface area contributed by atoms with Crippen LogP contribution in [0.2, 0.25) is 0 Å². The van der Waals surface area contributed by atoms with Crippen molar-refractivity contribution in [1.29, 1.82) is 0 Å². The highest BCUT2D eigenvalue weighted by atomic mass is 32.2. The Labute approximate surface area is 174 Å². The van der Waals surface area contributed by atoms with E-state index in [4.69, 9.17) is 0 Å². The molecule has 0 heterocycles. The monoisotopic (exact) mass is 414 g/mol. The van der Waals surface area contributed by atoms with Gasteiger partial charge in [0.1, 0.15) is 0 Å². The third-order valence-electron chi connectivity index (χ3n) is 5.99. The van der Waals surface area contributed by atoms with Gasteiger partial charge in [0, 0.05) is 25.7 Å². The van der Waals surface area contributed by atoms with Crippen molar-refractivity contribution >= 4 is 21.6 Å². The fourth-order valence-electron chi connectivity index (χ4n) is 3.84. The molecular weight excluding hydrogens is 384 g/mol. The van der Waals surface area contributed by atoms with Crippen LogP contribution in [0.25, 0.3) is 0 Å². The summed E-state index contributed by atoms with van der Waals surface area (Å²) in [6.45, 7) is 4.20. The van der Waals surface area contributed by atoms with Gasteiger partial charge in [0.25, 0.3) is 15.9 Å². The number of carbonyl (C=O) groups is 1. The Balaban J connectivity index is 1.82. The quantitative estimate of drug-likeness (QED) is 0.725. The van der Waals surface area contributed by atoms with Crippen molar-refractivity contribution in [1.82, 2.24) is 4.90 Å². The third kappa shape index (κ3) is 4.64. The lowest BCUT2D eigenvalue weighted by molar-refractivity contribution is 0.0679. The average molecular weight is 415 g/mol.